The summed E-state index contributed by atoms with van der Waals surface area (Å²) in [6.45, 7) is 8.75. The number of carbonyl (C=O) groups excluding carboxylic acids is 1. The number of hydrogen-bond donors (Lipinski definition) is 1. The van der Waals surface area contributed by atoms with Crippen LogP contribution in [0, 0.1) is 0 Å². The zero-order chi connectivity index (χ0) is 13.8. The lowest BCUT2D eigenvalue weighted by Crippen LogP contribution is -2.16. The Bertz CT molecular complexity index is 387. The maximum atomic E-state index is 11.1. The molecule has 0 aromatic heterocycles. The zero-order valence-electron chi connectivity index (χ0n) is 12.0. The Balaban J connectivity index is 2.90. The summed E-state index contributed by atoms with van der Waals surface area (Å²) in [6, 6.07) is 8.62. The maximum absolute atomic E-state index is 11.1. The number of hydrogen-bond acceptors (Lipinski definition) is 1. The highest BCUT2D eigenvalue weighted by Gasteiger charge is 2.16. The third-order valence-electron chi connectivity index (χ3n) is 3.33. The second kappa shape index (κ2) is 6.03. The number of nitrogens with two attached hydrogens (primary N) is 1. The van der Waals surface area contributed by atoms with Crippen molar-refractivity contribution in [2.24, 2.45) is 5.73 Å². The standard InChI is InChI=1S/C16H25NO/c1-5-6-13(11-15(17)18)12-7-9-14(10-8-12)16(2,3)4/h7-10,13H,5-6,11H2,1-4H3,(H2,17,18). The Morgan fingerprint density at radius 1 is 1.22 bits per heavy atom. The van der Waals surface area contributed by atoms with E-state index in [2.05, 4.69) is 52.0 Å². The van der Waals surface area contributed by atoms with Gasteiger partial charge in [0.1, 0.15) is 0 Å². The molecule has 1 aromatic rings. The summed E-state index contributed by atoms with van der Waals surface area (Å²) in [5.41, 5.74) is 8.04. The van der Waals surface area contributed by atoms with Crippen molar-refractivity contribution < 1.29 is 4.79 Å². The number of rotatable bonds is 5. The van der Waals surface area contributed by atoms with Crippen molar-refractivity contribution in [3.63, 3.8) is 0 Å². The molecular weight excluding hydrogens is 222 g/mol. The fourth-order valence-electron chi connectivity index (χ4n) is 2.23. The predicted octanol–water partition coefficient (Wildman–Crippen LogP) is 3.74. The Kier molecular flexibility index (Phi) is 4.94. The van der Waals surface area contributed by atoms with E-state index in [4.69, 9.17) is 5.73 Å². The number of benzene rings is 1. The molecule has 1 rings (SSSR count). The topological polar surface area (TPSA) is 43.1 Å². The summed E-state index contributed by atoms with van der Waals surface area (Å²) in [4.78, 5) is 11.1. The third-order valence-corrected chi connectivity index (χ3v) is 3.33. The molecule has 1 aromatic carbocycles. The van der Waals surface area contributed by atoms with Crippen molar-refractivity contribution in [2.75, 3.05) is 0 Å². The Labute approximate surface area is 111 Å². The number of amides is 1. The van der Waals surface area contributed by atoms with E-state index in [1.54, 1.807) is 0 Å². The smallest absolute Gasteiger partial charge is 0.218 e. The average molecular weight is 247 g/mol. The Morgan fingerprint density at radius 2 is 1.78 bits per heavy atom. The van der Waals surface area contributed by atoms with Crippen LogP contribution in [0.3, 0.4) is 0 Å². The molecule has 1 unspecified atom stereocenters. The van der Waals surface area contributed by atoms with Crippen LogP contribution in [0.15, 0.2) is 24.3 Å². The molecule has 1 amide bonds. The first-order valence-electron chi connectivity index (χ1n) is 6.73. The minimum Gasteiger partial charge on any atom is -0.370 e. The number of carbonyl (C=O) groups is 1. The van der Waals surface area contributed by atoms with Crippen LogP contribution in [0.4, 0.5) is 0 Å². The molecule has 0 spiro atoms. The first kappa shape index (κ1) is 14.7. The first-order valence-corrected chi connectivity index (χ1v) is 6.73. The lowest BCUT2D eigenvalue weighted by Gasteiger charge is -2.21. The Hall–Kier alpha value is -1.31. The predicted molar refractivity (Wildman–Crippen MR) is 76.6 cm³/mol. The maximum Gasteiger partial charge on any atom is 0.218 e. The van der Waals surface area contributed by atoms with Crippen molar-refractivity contribution in [1.29, 1.82) is 0 Å². The van der Waals surface area contributed by atoms with Crippen LogP contribution in [-0.2, 0) is 10.2 Å². The normalized spacial score (nSPS) is 13.3. The minimum absolute atomic E-state index is 0.169. The van der Waals surface area contributed by atoms with Gasteiger partial charge in [-0.25, -0.2) is 0 Å². The van der Waals surface area contributed by atoms with E-state index in [1.807, 2.05) is 0 Å². The molecule has 0 saturated carbocycles. The minimum atomic E-state index is -0.214. The van der Waals surface area contributed by atoms with E-state index in [9.17, 15) is 4.79 Å². The van der Waals surface area contributed by atoms with Crippen molar-refractivity contribution in [3.05, 3.63) is 35.4 Å². The van der Waals surface area contributed by atoms with Gasteiger partial charge in [-0.3, -0.25) is 4.79 Å². The summed E-state index contributed by atoms with van der Waals surface area (Å²) in [5, 5.41) is 0. The van der Waals surface area contributed by atoms with Crippen LogP contribution < -0.4 is 5.73 Å². The summed E-state index contributed by atoms with van der Waals surface area (Å²) < 4.78 is 0. The zero-order valence-corrected chi connectivity index (χ0v) is 12.0. The highest BCUT2D eigenvalue weighted by molar-refractivity contribution is 5.74. The van der Waals surface area contributed by atoms with Gasteiger partial charge in [-0.05, 0) is 28.9 Å². The molecule has 0 heterocycles. The Morgan fingerprint density at radius 3 is 2.17 bits per heavy atom. The van der Waals surface area contributed by atoms with Gasteiger partial charge < -0.3 is 5.73 Å². The second-order valence-electron chi connectivity index (χ2n) is 6.03. The van der Waals surface area contributed by atoms with Crippen LogP contribution in [0.25, 0.3) is 0 Å². The molecule has 0 aliphatic heterocycles. The van der Waals surface area contributed by atoms with Gasteiger partial charge in [0.2, 0.25) is 5.91 Å². The van der Waals surface area contributed by atoms with Crippen LogP contribution in [0.1, 0.15) is 64.0 Å². The highest BCUT2D eigenvalue weighted by atomic mass is 16.1. The highest BCUT2D eigenvalue weighted by Crippen LogP contribution is 2.28. The van der Waals surface area contributed by atoms with Crippen LogP contribution >= 0.6 is 0 Å². The summed E-state index contributed by atoms with van der Waals surface area (Å²) in [7, 11) is 0. The number of primary amides is 1. The molecule has 0 bridgehead atoms. The molecule has 2 N–H and O–H groups in total. The van der Waals surface area contributed by atoms with E-state index >= 15 is 0 Å². The van der Waals surface area contributed by atoms with E-state index in [0.29, 0.717) is 6.42 Å². The van der Waals surface area contributed by atoms with Gasteiger partial charge in [0.25, 0.3) is 0 Å². The van der Waals surface area contributed by atoms with Crippen LogP contribution in [0.5, 0.6) is 0 Å². The van der Waals surface area contributed by atoms with Crippen molar-refractivity contribution in [3.8, 4) is 0 Å². The average Bonchev–Trinajstić information content (AvgIpc) is 2.27. The lowest BCUT2D eigenvalue weighted by atomic mass is 9.84. The first-order chi connectivity index (χ1) is 8.34. The molecule has 2 heteroatoms. The van der Waals surface area contributed by atoms with Crippen molar-refractivity contribution in [2.45, 2.75) is 58.3 Å². The van der Waals surface area contributed by atoms with E-state index < -0.39 is 0 Å². The van der Waals surface area contributed by atoms with E-state index in [1.165, 1.54) is 11.1 Å². The lowest BCUT2D eigenvalue weighted by molar-refractivity contribution is -0.118. The van der Waals surface area contributed by atoms with Crippen LogP contribution in [-0.4, -0.2) is 5.91 Å². The van der Waals surface area contributed by atoms with Crippen molar-refractivity contribution in [1.82, 2.24) is 0 Å². The largest absolute Gasteiger partial charge is 0.370 e. The van der Waals surface area contributed by atoms with Crippen molar-refractivity contribution >= 4 is 5.91 Å². The fraction of sp³-hybridized carbons (Fsp3) is 0.562. The molecule has 2 nitrogen and oxygen atoms in total. The third kappa shape index (κ3) is 4.17. The van der Waals surface area contributed by atoms with Gasteiger partial charge in [0.05, 0.1) is 0 Å². The van der Waals surface area contributed by atoms with Gasteiger partial charge >= 0.3 is 0 Å². The van der Waals surface area contributed by atoms with Gasteiger partial charge in [-0.1, -0.05) is 58.4 Å². The van der Waals surface area contributed by atoms with Gasteiger partial charge in [0, 0.05) is 6.42 Å². The molecule has 100 valence electrons. The monoisotopic (exact) mass is 247 g/mol. The SMILES string of the molecule is CCCC(CC(N)=O)c1ccc(C(C)(C)C)cc1. The molecular formula is C16H25NO. The summed E-state index contributed by atoms with van der Waals surface area (Å²) >= 11 is 0. The van der Waals surface area contributed by atoms with Gasteiger partial charge in [0.15, 0.2) is 0 Å². The quantitative estimate of drug-likeness (QED) is 0.846. The summed E-state index contributed by atoms with van der Waals surface area (Å²) in [6.07, 6.45) is 2.53. The fourth-order valence-corrected chi connectivity index (χ4v) is 2.23. The summed E-state index contributed by atoms with van der Waals surface area (Å²) in [5.74, 6) is 0.0508. The molecule has 0 aliphatic rings. The van der Waals surface area contributed by atoms with E-state index in [-0.39, 0.29) is 17.2 Å². The van der Waals surface area contributed by atoms with Gasteiger partial charge in [-0.15, -0.1) is 0 Å². The van der Waals surface area contributed by atoms with Crippen LogP contribution in [0.2, 0.25) is 0 Å². The molecule has 0 aliphatic carbocycles. The second-order valence-corrected chi connectivity index (χ2v) is 6.03. The molecule has 1 atom stereocenters. The molecule has 18 heavy (non-hydrogen) atoms. The van der Waals surface area contributed by atoms with E-state index in [0.717, 1.165) is 12.8 Å². The molecule has 0 fully saturated rings. The molecule has 0 radical (unpaired) electrons. The van der Waals surface area contributed by atoms with Gasteiger partial charge in [-0.2, -0.15) is 0 Å². The molecule has 0 saturated heterocycles.